The minimum Gasteiger partial charge on any atom is -0.496 e. The minimum atomic E-state index is -0.539. The lowest BCUT2D eigenvalue weighted by atomic mass is 10.1. The monoisotopic (exact) mass is 583 g/mol. The van der Waals surface area contributed by atoms with Crippen LogP contribution in [0.2, 0.25) is 0 Å². The second-order valence-corrected chi connectivity index (χ2v) is 10.2. The number of hydrogen-bond acceptors (Lipinski definition) is 8. The molecular weight excluding hydrogens is 556 g/mol. The van der Waals surface area contributed by atoms with E-state index in [9.17, 15) is 14.0 Å². The first-order valence-corrected chi connectivity index (χ1v) is 13.6. The van der Waals surface area contributed by atoms with Gasteiger partial charge in [-0.1, -0.05) is 24.3 Å². The van der Waals surface area contributed by atoms with Gasteiger partial charge in [0.15, 0.2) is 5.65 Å². The van der Waals surface area contributed by atoms with E-state index in [2.05, 4.69) is 15.3 Å². The van der Waals surface area contributed by atoms with Gasteiger partial charge in [0.25, 0.3) is 5.91 Å². The van der Waals surface area contributed by atoms with Crippen LogP contribution in [0.4, 0.5) is 20.3 Å². The number of nitrogens with one attached hydrogen (secondary N) is 1. The van der Waals surface area contributed by atoms with Gasteiger partial charge in [-0.15, -0.1) is 0 Å². The van der Waals surface area contributed by atoms with Crippen molar-refractivity contribution in [3.8, 4) is 22.7 Å². The van der Waals surface area contributed by atoms with Crippen molar-refractivity contribution in [2.24, 2.45) is 5.92 Å². The second kappa shape index (κ2) is 11.5. The third-order valence-electron chi connectivity index (χ3n) is 7.51. The Kier molecular flexibility index (Phi) is 7.41. The number of aromatic nitrogens is 4. The van der Waals surface area contributed by atoms with Crippen molar-refractivity contribution < 1.29 is 23.1 Å². The lowest BCUT2D eigenvalue weighted by molar-refractivity contribution is -0.110. The molecule has 10 nitrogen and oxygen atoms in total. The van der Waals surface area contributed by atoms with E-state index in [1.165, 1.54) is 36.3 Å². The summed E-state index contributed by atoms with van der Waals surface area (Å²) in [6.45, 7) is 1.28. The summed E-state index contributed by atoms with van der Waals surface area (Å²) in [6, 6.07) is 15.9. The molecule has 218 valence electrons. The summed E-state index contributed by atoms with van der Waals surface area (Å²) >= 11 is 0. The number of fused-ring (bicyclic) bond motifs is 1. The Balaban J connectivity index is 1.26. The summed E-state index contributed by atoms with van der Waals surface area (Å²) in [5.74, 6) is -1.05. The number of amides is 1. The van der Waals surface area contributed by atoms with Crippen LogP contribution in [0, 0.1) is 17.6 Å². The maximum atomic E-state index is 15.3. The third-order valence-corrected chi connectivity index (χ3v) is 7.51. The number of nitrogens with two attached hydrogens (primary N) is 1. The number of aldehydes is 1. The standard InChI is InChI=1S/C31H27F2N7O3/c1-43-26-9-6-21(32)12-23(26)31(42)35-14-18-2-4-20(5-3-18)28-27-29(34)36-17-37-30(27)40(38-28)22-7-8-25(24(33)13-22)39-11-10-19(15-39)16-41/h2-9,12-13,16-17,19H,10-11,14-15H2,1H3,(H,35,42)(H2,34,36,37)/t19-/m1/s1. The van der Waals surface area contributed by atoms with Crippen molar-refractivity contribution in [2.75, 3.05) is 30.8 Å². The molecule has 43 heavy (non-hydrogen) atoms. The van der Waals surface area contributed by atoms with E-state index in [1.807, 2.05) is 29.2 Å². The topological polar surface area (TPSA) is 128 Å². The van der Waals surface area contributed by atoms with Crippen molar-refractivity contribution >= 4 is 34.7 Å². The van der Waals surface area contributed by atoms with Crippen LogP contribution in [0.3, 0.4) is 0 Å². The Morgan fingerprint density at radius 1 is 1.12 bits per heavy atom. The van der Waals surface area contributed by atoms with E-state index in [4.69, 9.17) is 15.6 Å². The zero-order chi connectivity index (χ0) is 30.1. The molecule has 12 heteroatoms. The molecule has 1 saturated heterocycles. The summed E-state index contributed by atoms with van der Waals surface area (Å²) in [5, 5.41) is 8.03. The number of benzene rings is 3. The van der Waals surface area contributed by atoms with Crippen LogP contribution in [-0.2, 0) is 11.3 Å². The maximum absolute atomic E-state index is 15.3. The fourth-order valence-corrected chi connectivity index (χ4v) is 5.27. The smallest absolute Gasteiger partial charge is 0.255 e. The molecule has 1 amide bonds. The summed E-state index contributed by atoms with van der Waals surface area (Å²) in [5.41, 5.74) is 9.65. The molecule has 6 rings (SSSR count). The lowest BCUT2D eigenvalue weighted by Gasteiger charge is -2.19. The fourth-order valence-electron chi connectivity index (χ4n) is 5.27. The second-order valence-electron chi connectivity index (χ2n) is 10.2. The van der Waals surface area contributed by atoms with Gasteiger partial charge in [0.2, 0.25) is 0 Å². The highest BCUT2D eigenvalue weighted by atomic mass is 19.1. The van der Waals surface area contributed by atoms with Gasteiger partial charge in [-0.2, -0.15) is 5.10 Å². The van der Waals surface area contributed by atoms with Crippen molar-refractivity contribution in [1.82, 2.24) is 25.1 Å². The molecule has 2 aromatic heterocycles. The van der Waals surface area contributed by atoms with Gasteiger partial charge >= 0.3 is 0 Å². The quantitative estimate of drug-likeness (QED) is 0.259. The van der Waals surface area contributed by atoms with Crippen LogP contribution < -0.4 is 20.7 Å². The molecule has 0 aliphatic carbocycles. The predicted molar refractivity (Wildman–Crippen MR) is 157 cm³/mol. The predicted octanol–water partition coefficient (Wildman–Crippen LogP) is 4.31. The highest BCUT2D eigenvalue weighted by Crippen LogP contribution is 2.33. The summed E-state index contributed by atoms with van der Waals surface area (Å²) in [7, 11) is 1.41. The zero-order valence-electron chi connectivity index (χ0n) is 23.1. The van der Waals surface area contributed by atoms with Gasteiger partial charge in [-0.25, -0.2) is 23.4 Å². The number of nitrogen functional groups attached to an aromatic ring is 1. The molecular formula is C31H27F2N7O3. The summed E-state index contributed by atoms with van der Waals surface area (Å²) < 4.78 is 35.7. The van der Waals surface area contributed by atoms with Gasteiger partial charge < -0.3 is 25.5 Å². The minimum absolute atomic E-state index is 0.0988. The van der Waals surface area contributed by atoms with Crippen LogP contribution in [-0.4, -0.2) is 52.1 Å². The number of halogens is 2. The number of methoxy groups -OCH3 is 1. The number of carbonyl (C=O) groups is 2. The average molecular weight is 584 g/mol. The molecule has 0 saturated carbocycles. The molecule has 1 aliphatic rings. The first-order chi connectivity index (χ1) is 20.9. The molecule has 1 fully saturated rings. The molecule has 1 atom stereocenters. The van der Waals surface area contributed by atoms with E-state index < -0.39 is 17.5 Å². The Morgan fingerprint density at radius 2 is 1.93 bits per heavy atom. The molecule has 1 aliphatic heterocycles. The Morgan fingerprint density at radius 3 is 2.65 bits per heavy atom. The van der Waals surface area contributed by atoms with Crippen molar-refractivity contribution in [3.05, 3.63) is 89.8 Å². The molecule has 5 aromatic rings. The van der Waals surface area contributed by atoms with Crippen molar-refractivity contribution in [3.63, 3.8) is 0 Å². The maximum Gasteiger partial charge on any atom is 0.255 e. The van der Waals surface area contributed by atoms with E-state index in [0.717, 1.165) is 17.9 Å². The van der Waals surface area contributed by atoms with Crippen LogP contribution in [0.1, 0.15) is 22.3 Å². The van der Waals surface area contributed by atoms with Crippen LogP contribution in [0.5, 0.6) is 5.75 Å². The van der Waals surface area contributed by atoms with E-state index in [-0.39, 0.29) is 29.6 Å². The largest absolute Gasteiger partial charge is 0.496 e. The van der Waals surface area contributed by atoms with Crippen LogP contribution in [0.25, 0.3) is 28.0 Å². The molecule has 3 heterocycles. The summed E-state index contributed by atoms with van der Waals surface area (Å²) in [4.78, 5) is 34.2. The molecule has 3 aromatic carbocycles. The Hall–Kier alpha value is -5.39. The molecule has 0 unspecified atom stereocenters. The van der Waals surface area contributed by atoms with Gasteiger partial charge in [0.05, 0.1) is 29.4 Å². The highest BCUT2D eigenvalue weighted by Gasteiger charge is 2.25. The van der Waals surface area contributed by atoms with Crippen LogP contribution in [0.15, 0.2) is 67.0 Å². The third kappa shape index (κ3) is 5.34. The number of hydrogen-bond donors (Lipinski definition) is 2. The van der Waals surface area contributed by atoms with E-state index in [0.29, 0.717) is 53.2 Å². The fraction of sp³-hybridized carbons (Fsp3) is 0.194. The van der Waals surface area contributed by atoms with E-state index >= 15 is 4.39 Å². The number of rotatable bonds is 8. The van der Waals surface area contributed by atoms with Crippen molar-refractivity contribution in [2.45, 2.75) is 13.0 Å². The first kappa shape index (κ1) is 27.8. The summed E-state index contributed by atoms with van der Waals surface area (Å²) in [6.07, 6.45) is 2.94. The highest BCUT2D eigenvalue weighted by molar-refractivity contribution is 5.99. The molecule has 0 radical (unpaired) electrons. The Bertz CT molecular complexity index is 1840. The SMILES string of the molecule is COc1ccc(F)cc1C(=O)NCc1ccc(-c2nn(-c3ccc(N4CC[C@@H](C=O)C4)c(F)c3)c3ncnc(N)c23)cc1. The molecule has 0 spiro atoms. The number of carbonyl (C=O) groups excluding carboxylic acids is 2. The van der Waals surface area contributed by atoms with Gasteiger partial charge in [-0.05, 0) is 42.3 Å². The van der Waals surface area contributed by atoms with Gasteiger partial charge in [0.1, 0.15) is 41.5 Å². The number of nitrogens with zero attached hydrogens (tertiary/aromatic N) is 5. The van der Waals surface area contributed by atoms with Crippen molar-refractivity contribution in [1.29, 1.82) is 0 Å². The first-order valence-electron chi connectivity index (χ1n) is 13.6. The van der Waals surface area contributed by atoms with Gasteiger partial charge in [0, 0.05) is 37.2 Å². The lowest BCUT2D eigenvalue weighted by Crippen LogP contribution is -2.23. The number of anilines is 2. The average Bonchev–Trinajstić information content (AvgIpc) is 3.66. The number of ether oxygens (including phenoxy) is 1. The van der Waals surface area contributed by atoms with Crippen LogP contribution >= 0.6 is 0 Å². The molecule has 0 bridgehead atoms. The molecule has 3 N–H and O–H groups in total. The van der Waals surface area contributed by atoms with E-state index in [1.54, 1.807) is 12.1 Å². The zero-order valence-corrected chi connectivity index (χ0v) is 23.1. The normalized spacial score (nSPS) is 14.7. The Labute approximate surface area is 245 Å². The van der Waals surface area contributed by atoms with Gasteiger partial charge in [-0.3, -0.25) is 4.79 Å².